The molecule has 2 atom stereocenters. The summed E-state index contributed by atoms with van der Waals surface area (Å²) in [5.41, 5.74) is 1.90. The smallest absolute Gasteiger partial charge is 0.266 e. The molecular weight excluding hydrogens is 332 g/mol. The summed E-state index contributed by atoms with van der Waals surface area (Å²) in [6.07, 6.45) is 0.486. The molecule has 1 aromatic carbocycles. The number of nitrogens with zero attached hydrogens (tertiary/aromatic N) is 2. The Balaban J connectivity index is 1.49. The molecule has 0 aromatic heterocycles. The molecule has 0 radical (unpaired) electrons. The van der Waals surface area contributed by atoms with Crippen molar-refractivity contribution < 1.29 is 19.1 Å². The molecule has 2 heterocycles. The SMILES string of the molecule is CN(C[C@H]1COCCO1)C(=O)[C@H]1CC(Cc2cccc(Cl)c2)=NO1. The molecule has 1 saturated heterocycles. The van der Waals surface area contributed by atoms with Gasteiger partial charge in [0.2, 0.25) is 6.10 Å². The highest BCUT2D eigenvalue weighted by molar-refractivity contribution is 6.30. The number of likely N-dealkylation sites (N-methyl/N-ethyl adjacent to an activating group) is 1. The molecule has 0 saturated carbocycles. The van der Waals surface area contributed by atoms with Crippen LogP contribution >= 0.6 is 11.6 Å². The molecule has 0 spiro atoms. The van der Waals surface area contributed by atoms with E-state index in [-0.39, 0.29) is 12.0 Å². The van der Waals surface area contributed by atoms with Crippen LogP contribution in [0.3, 0.4) is 0 Å². The molecule has 1 amide bonds. The van der Waals surface area contributed by atoms with Crippen molar-refractivity contribution in [1.29, 1.82) is 0 Å². The van der Waals surface area contributed by atoms with Gasteiger partial charge in [-0.25, -0.2) is 0 Å². The largest absolute Gasteiger partial charge is 0.382 e. The molecule has 0 unspecified atom stereocenters. The van der Waals surface area contributed by atoms with Gasteiger partial charge < -0.3 is 19.2 Å². The van der Waals surface area contributed by atoms with Crippen LogP contribution in [0.2, 0.25) is 5.02 Å². The second kappa shape index (κ2) is 7.96. The molecule has 3 rings (SSSR count). The van der Waals surface area contributed by atoms with E-state index in [4.69, 9.17) is 25.9 Å². The van der Waals surface area contributed by atoms with Crippen molar-refractivity contribution >= 4 is 23.2 Å². The predicted molar refractivity (Wildman–Crippen MR) is 90.3 cm³/mol. The summed E-state index contributed by atoms with van der Waals surface area (Å²) in [7, 11) is 1.75. The summed E-state index contributed by atoms with van der Waals surface area (Å²) in [5.74, 6) is -0.0889. The summed E-state index contributed by atoms with van der Waals surface area (Å²) in [6.45, 7) is 2.18. The Bertz CT molecular complexity index is 616. The number of ether oxygens (including phenoxy) is 2. The van der Waals surface area contributed by atoms with Gasteiger partial charge in [-0.2, -0.15) is 0 Å². The fraction of sp³-hybridized carbons (Fsp3) is 0.529. The molecular formula is C17H21ClN2O4. The maximum atomic E-state index is 12.5. The second-order valence-corrected chi connectivity index (χ2v) is 6.49. The zero-order valence-corrected chi connectivity index (χ0v) is 14.4. The van der Waals surface area contributed by atoms with Crippen molar-refractivity contribution in [2.45, 2.75) is 25.0 Å². The van der Waals surface area contributed by atoms with E-state index in [9.17, 15) is 4.79 Å². The molecule has 0 N–H and O–H groups in total. The number of carbonyl (C=O) groups is 1. The Morgan fingerprint density at radius 1 is 1.42 bits per heavy atom. The lowest BCUT2D eigenvalue weighted by atomic mass is 10.0. The van der Waals surface area contributed by atoms with Gasteiger partial charge in [0, 0.05) is 31.5 Å². The molecule has 1 fully saturated rings. The van der Waals surface area contributed by atoms with Crippen molar-refractivity contribution in [2.24, 2.45) is 5.16 Å². The van der Waals surface area contributed by atoms with E-state index in [1.165, 1.54) is 0 Å². The van der Waals surface area contributed by atoms with Crippen LogP contribution in [0.1, 0.15) is 12.0 Å². The van der Waals surface area contributed by atoms with Crippen LogP contribution in [0, 0.1) is 0 Å². The van der Waals surface area contributed by atoms with Gasteiger partial charge in [0.25, 0.3) is 5.91 Å². The number of hydrogen-bond acceptors (Lipinski definition) is 5. The fourth-order valence-corrected chi connectivity index (χ4v) is 3.04. The number of amides is 1. The van der Waals surface area contributed by atoms with E-state index in [0.29, 0.717) is 44.2 Å². The minimum atomic E-state index is -0.561. The van der Waals surface area contributed by atoms with Gasteiger partial charge in [0.15, 0.2) is 0 Å². The van der Waals surface area contributed by atoms with Gasteiger partial charge >= 0.3 is 0 Å². The third-order valence-electron chi connectivity index (χ3n) is 4.04. The highest BCUT2D eigenvalue weighted by Crippen LogP contribution is 2.18. The zero-order chi connectivity index (χ0) is 16.9. The van der Waals surface area contributed by atoms with Gasteiger partial charge in [-0.3, -0.25) is 4.79 Å². The van der Waals surface area contributed by atoms with Crippen LogP contribution in [-0.4, -0.2) is 62.1 Å². The van der Waals surface area contributed by atoms with Gasteiger partial charge in [0.05, 0.1) is 31.6 Å². The van der Waals surface area contributed by atoms with Gasteiger partial charge in [-0.05, 0) is 17.7 Å². The first-order chi connectivity index (χ1) is 11.6. The average molecular weight is 353 g/mol. The number of hydrogen-bond donors (Lipinski definition) is 0. The summed E-state index contributed by atoms with van der Waals surface area (Å²) < 4.78 is 10.9. The number of halogens is 1. The van der Waals surface area contributed by atoms with Crippen molar-refractivity contribution in [1.82, 2.24) is 4.90 Å². The molecule has 6 nitrogen and oxygen atoms in total. The lowest BCUT2D eigenvalue weighted by molar-refractivity contribution is -0.146. The van der Waals surface area contributed by atoms with Crippen molar-refractivity contribution in [3.63, 3.8) is 0 Å². The first-order valence-corrected chi connectivity index (χ1v) is 8.40. The Hall–Kier alpha value is -1.63. The first kappa shape index (κ1) is 17.2. The maximum absolute atomic E-state index is 12.5. The quantitative estimate of drug-likeness (QED) is 0.812. The van der Waals surface area contributed by atoms with E-state index in [1.807, 2.05) is 24.3 Å². The van der Waals surface area contributed by atoms with E-state index in [1.54, 1.807) is 11.9 Å². The lowest BCUT2D eigenvalue weighted by Crippen LogP contribution is -2.44. The standard InChI is InChI=1S/C17H21ClN2O4/c1-20(10-15-11-22-5-6-23-15)17(21)16-9-14(19-24-16)8-12-3-2-4-13(18)7-12/h2-4,7,15-16H,5-6,8-11H2,1H3/t15-,16+/m0/s1. The van der Waals surface area contributed by atoms with E-state index >= 15 is 0 Å². The van der Waals surface area contributed by atoms with E-state index < -0.39 is 6.10 Å². The molecule has 130 valence electrons. The number of benzene rings is 1. The lowest BCUT2D eigenvalue weighted by Gasteiger charge is -2.28. The molecule has 2 aliphatic rings. The monoisotopic (exact) mass is 352 g/mol. The van der Waals surface area contributed by atoms with Gasteiger partial charge in [-0.15, -0.1) is 0 Å². The Labute approximate surface area is 146 Å². The normalized spacial score (nSPS) is 23.5. The number of carbonyl (C=O) groups excluding carboxylic acids is 1. The summed E-state index contributed by atoms with van der Waals surface area (Å²) in [5, 5.41) is 4.75. The van der Waals surface area contributed by atoms with Crippen LogP contribution in [0.25, 0.3) is 0 Å². The summed E-state index contributed by atoms with van der Waals surface area (Å²) in [6, 6.07) is 7.61. The molecule has 0 aliphatic carbocycles. The predicted octanol–water partition coefficient (Wildman–Crippen LogP) is 1.90. The van der Waals surface area contributed by atoms with Crippen LogP contribution in [-0.2, 0) is 25.5 Å². The first-order valence-electron chi connectivity index (χ1n) is 8.02. The number of oxime groups is 1. The van der Waals surface area contributed by atoms with Crippen molar-refractivity contribution in [3.8, 4) is 0 Å². The van der Waals surface area contributed by atoms with Crippen molar-refractivity contribution in [3.05, 3.63) is 34.9 Å². The van der Waals surface area contributed by atoms with Crippen LogP contribution in [0.5, 0.6) is 0 Å². The minimum Gasteiger partial charge on any atom is -0.382 e. The molecule has 7 heteroatoms. The highest BCUT2D eigenvalue weighted by Gasteiger charge is 2.31. The average Bonchev–Trinajstić information content (AvgIpc) is 3.03. The van der Waals surface area contributed by atoms with Crippen LogP contribution in [0.15, 0.2) is 29.4 Å². The van der Waals surface area contributed by atoms with Crippen LogP contribution < -0.4 is 0 Å². The summed E-state index contributed by atoms with van der Waals surface area (Å²) >= 11 is 5.99. The molecule has 24 heavy (non-hydrogen) atoms. The Kier molecular flexibility index (Phi) is 5.71. The van der Waals surface area contributed by atoms with E-state index in [2.05, 4.69) is 5.16 Å². The van der Waals surface area contributed by atoms with Crippen LogP contribution in [0.4, 0.5) is 0 Å². The minimum absolute atomic E-state index is 0.0825. The van der Waals surface area contributed by atoms with E-state index in [0.717, 1.165) is 11.3 Å². The maximum Gasteiger partial charge on any atom is 0.266 e. The molecule has 0 bridgehead atoms. The summed E-state index contributed by atoms with van der Waals surface area (Å²) in [4.78, 5) is 19.4. The molecule has 2 aliphatic heterocycles. The fourth-order valence-electron chi connectivity index (χ4n) is 2.83. The Morgan fingerprint density at radius 2 is 2.29 bits per heavy atom. The number of rotatable bonds is 5. The third kappa shape index (κ3) is 4.47. The topological polar surface area (TPSA) is 60.4 Å². The Morgan fingerprint density at radius 3 is 3.04 bits per heavy atom. The van der Waals surface area contributed by atoms with Crippen molar-refractivity contribution in [2.75, 3.05) is 33.4 Å². The molecule has 1 aromatic rings. The zero-order valence-electron chi connectivity index (χ0n) is 13.6. The van der Waals surface area contributed by atoms with Gasteiger partial charge in [-0.1, -0.05) is 28.9 Å². The third-order valence-corrected chi connectivity index (χ3v) is 4.28. The second-order valence-electron chi connectivity index (χ2n) is 6.05. The highest BCUT2D eigenvalue weighted by atomic mass is 35.5. The van der Waals surface area contributed by atoms with Gasteiger partial charge in [0.1, 0.15) is 0 Å².